The van der Waals surface area contributed by atoms with Crippen LogP contribution < -0.4 is 5.32 Å². The molecule has 0 aliphatic rings. The van der Waals surface area contributed by atoms with E-state index in [0.29, 0.717) is 18.3 Å². The Bertz CT molecular complexity index is 1120. The zero-order valence-corrected chi connectivity index (χ0v) is 17.5. The minimum Gasteiger partial charge on any atom is -0.364 e. The molecule has 0 spiro atoms. The monoisotopic (exact) mass is 395 g/mol. The van der Waals surface area contributed by atoms with E-state index in [1.54, 1.807) is 6.20 Å². The number of aryl methyl sites for hydroxylation is 1. The molecular weight excluding hydrogens is 370 g/mol. The van der Waals surface area contributed by atoms with Gasteiger partial charge < -0.3 is 5.32 Å². The van der Waals surface area contributed by atoms with Crippen LogP contribution in [0.1, 0.15) is 36.6 Å². The normalized spacial score (nSPS) is 10.9. The Morgan fingerprint density at radius 2 is 1.67 bits per heavy atom. The van der Waals surface area contributed by atoms with Crippen LogP contribution in [0.25, 0.3) is 22.5 Å². The molecule has 150 valence electrons. The Morgan fingerprint density at radius 1 is 0.867 bits per heavy atom. The van der Waals surface area contributed by atoms with Crippen molar-refractivity contribution < 1.29 is 0 Å². The highest BCUT2D eigenvalue weighted by molar-refractivity contribution is 5.63. The van der Waals surface area contributed by atoms with Gasteiger partial charge in [0.25, 0.3) is 0 Å². The highest BCUT2D eigenvalue weighted by Crippen LogP contribution is 2.27. The highest BCUT2D eigenvalue weighted by Gasteiger charge is 2.13. The van der Waals surface area contributed by atoms with Crippen LogP contribution in [-0.4, -0.2) is 20.2 Å². The molecule has 0 radical (unpaired) electrons. The molecule has 0 bridgehead atoms. The third-order valence-corrected chi connectivity index (χ3v) is 5.09. The summed E-state index contributed by atoms with van der Waals surface area (Å²) < 4.78 is 0. The Hall–Kier alpha value is -3.60. The molecule has 2 aromatic heterocycles. The summed E-state index contributed by atoms with van der Waals surface area (Å²) >= 11 is 0. The number of hydrogen-bond acceptors (Lipinski definition) is 5. The molecule has 5 nitrogen and oxygen atoms in total. The van der Waals surface area contributed by atoms with Gasteiger partial charge >= 0.3 is 0 Å². The first-order valence-corrected chi connectivity index (χ1v) is 10.2. The maximum Gasteiger partial charge on any atom is 0.184 e. The van der Waals surface area contributed by atoms with Gasteiger partial charge in [0.15, 0.2) is 11.6 Å². The van der Waals surface area contributed by atoms with Gasteiger partial charge in [-0.05, 0) is 41.2 Å². The molecular formula is C25H25N5. The number of benzene rings is 2. The van der Waals surface area contributed by atoms with E-state index in [9.17, 15) is 0 Å². The van der Waals surface area contributed by atoms with Crippen molar-refractivity contribution in [2.24, 2.45) is 0 Å². The van der Waals surface area contributed by atoms with E-state index >= 15 is 0 Å². The van der Waals surface area contributed by atoms with Crippen LogP contribution in [0, 0.1) is 6.92 Å². The van der Waals surface area contributed by atoms with Crippen molar-refractivity contribution in [3.8, 4) is 22.5 Å². The van der Waals surface area contributed by atoms with E-state index in [0.717, 1.165) is 28.2 Å². The lowest BCUT2D eigenvalue weighted by Crippen LogP contribution is -2.08. The number of nitrogens with zero attached hydrogens (tertiary/aromatic N) is 4. The molecule has 2 heterocycles. The van der Waals surface area contributed by atoms with Crippen LogP contribution in [0.2, 0.25) is 0 Å². The van der Waals surface area contributed by atoms with E-state index < -0.39 is 0 Å². The van der Waals surface area contributed by atoms with Crippen molar-refractivity contribution in [2.75, 3.05) is 5.32 Å². The minimum atomic E-state index is 0.390. The Kier molecular flexibility index (Phi) is 5.80. The smallest absolute Gasteiger partial charge is 0.184 e. The fraction of sp³-hybridized carbons (Fsp3) is 0.200. The molecule has 5 heteroatoms. The molecule has 30 heavy (non-hydrogen) atoms. The van der Waals surface area contributed by atoms with E-state index in [-0.39, 0.29) is 0 Å². The second kappa shape index (κ2) is 8.82. The summed E-state index contributed by atoms with van der Waals surface area (Å²) in [5.41, 5.74) is 6.47. The number of aromatic nitrogens is 4. The Labute approximate surface area is 177 Å². The second-order valence-electron chi connectivity index (χ2n) is 7.60. The number of pyridine rings is 1. The molecule has 0 aliphatic carbocycles. The van der Waals surface area contributed by atoms with Crippen LogP contribution in [0.5, 0.6) is 0 Å². The highest BCUT2D eigenvalue weighted by atomic mass is 15.2. The van der Waals surface area contributed by atoms with Gasteiger partial charge in [-0.1, -0.05) is 68.4 Å². The fourth-order valence-electron chi connectivity index (χ4n) is 3.40. The Morgan fingerprint density at radius 3 is 2.40 bits per heavy atom. The Balaban J connectivity index is 1.52. The summed E-state index contributed by atoms with van der Waals surface area (Å²) in [4.78, 5) is 8.96. The number of hydrogen-bond donors (Lipinski definition) is 1. The topological polar surface area (TPSA) is 63.6 Å². The molecule has 0 amide bonds. The van der Waals surface area contributed by atoms with Crippen LogP contribution >= 0.6 is 0 Å². The summed E-state index contributed by atoms with van der Waals surface area (Å²) in [6.45, 7) is 6.94. The molecule has 0 atom stereocenters. The van der Waals surface area contributed by atoms with Crippen LogP contribution in [0.3, 0.4) is 0 Å². The molecule has 4 rings (SSSR count). The summed E-state index contributed by atoms with van der Waals surface area (Å²) in [6.07, 6.45) is 3.66. The van der Waals surface area contributed by atoms with Crippen molar-refractivity contribution in [3.05, 3.63) is 89.9 Å². The lowest BCUT2D eigenvalue weighted by Gasteiger charge is -2.13. The maximum atomic E-state index is 4.77. The third kappa shape index (κ3) is 4.35. The number of anilines is 1. The molecule has 0 unspecified atom stereocenters. The van der Waals surface area contributed by atoms with E-state index in [4.69, 9.17) is 4.98 Å². The molecule has 0 fully saturated rings. The summed E-state index contributed by atoms with van der Waals surface area (Å²) in [5, 5.41) is 12.1. The largest absolute Gasteiger partial charge is 0.364 e. The molecule has 0 saturated heterocycles. The average Bonchev–Trinajstić information content (AvgIpc) is 2.79. The van der Waals surface area contributed by atoms with Gasteiger partial charge in [-0.15, -0.1) is 10.2 Å². The molecule has 1 N–H and O–H groups in total. The third-order valence-electron chi connectivity index (χ3n) is 5.09. The average molecular weight is 396 g/mol. The van der Waals surface area contributed by atoms with Gasteiger partial charge in [-0.25, -0.2) is 4.98 Å². The van der Waals surface area contributed by atoms with Crippen LogP contribution in [0.4, 0.5) is 5.82 Å². The van der Waals surface area contributed by atoms with Crippen molar-refractivity contribution in [1.82, 2.24) is 20.2 Å². The first kappa shape index (κ1) is 19.7. The zero-order chi connectivity index (χ0) is 20.9. The van der Waals surface area contributed by atoms with Gasteiger partial charge in [0.2, 0.25) is 0 Å². The van der Waals surface area contributed by atoms with E-state index in [2.05, 4.69) is 82.9 Å². The lowest BCUT2D eigenvalue weighted by molar-refractivity contribution is 0.859. The first-order valence-electron chi connectivity index (χ1n) is 10.2. The number of rotatable bonds is 6. The van der Waals surface area contributed by atoms with Crippen molar-refractivity contribution >= 4 is 5.82 Å². The van der Waals surface area contributed by atoms with Gasteiger partial charge in [-0.3, -0.25) is 4.98 Å². The lowest BCUT2D eigenvalue weighted by atomic mass is 9.97. The summed E-state index contributed by atoms with van der Waals surface area (Å²) in [6, 6.07) is 20.7. The molecule has 0 aliphatic heterocycles. The maximum absolute atomic E-state index is 4.77. The van der Waals surface area contributed by atoms with Gasteiger partial charge in [0, 0.05) is 24.5 Å². The van der Waals surface area contributed by atoms with E-state index in [1.165, 1.54) is 11.1 Å². The van der Waals surface area contributed by atoms with E-state index in [1.807, 2.05) is 25.3 Å². The van der Waals surface area contributed by atoms with Crippen LogP contribution in [0.15, 0.2) is 73.1 Å². The fourth-order valence-corrected chi connectivity index (χ4v) is 3.40. The summed E-state index contributed by atoms with van der Waals surface area (Å²) in [7, 11) is 0. The zero-order valence-electron chi connectivity index (χ0n) is 17.5. The van der Waals surface area contributed by atoms with Gasteiger partial charge in [0.05, 0.1) is 0 Å². The standard InChI is InChI=1S/C25H25N5/c1-17(2)22-8-4-5-9-23(22)25-28-24(18(3)29-30-25)27-15-19-10-12-20(13-11-19)21-7-6-14-26-16-21/h4-14,16-17H,15H2,1-3H3,(H,27,28,30). The minimum absolute atomic E-state index is 0.390. The molecule has 0 saturated carbocycles. The van der Waals surface area contributed by atoms with Crippen molar-refractivity contribution in [2.45, 2.75) is 33.2 Å². The van der Waals surface area contributed by atoms with Gasteiger partial charge in [0.1, 0.15) is 5.69 Å². The summed E-state index contributed by atoms with van der Waals surface area (Å²) in [5.74, 6) is 1.80. The second-order valence-corrected chi connectivity index (χ2v) is 7.60. The quantitative estimate of drug-likeness (QED) is 0.457. The predicted octanol–water partition coefficient (Wildman–Crippen LogP) is 5.64. The predicted molar refractivity (Wildman–Crippen MR) is 121 cm³/mol. The van der Waals surface area contributed by atoms with Crippen molar-refractivity contribution in [3.63, 3.8) is 0 Å². The SMILES string of the molecule is Cc1nnc(-c2ccccc2C(C)C)nc1NCc1ccc(-c2cccnc2)cc1. The van der Waals surface area contributed by atoms with Gasteiger partial charge in [-0.2, -0.15) is 0 Å². The molecule has 4 aromatic rings. The number of nitrogens with one attached hydrogen (secondary N) is 1. The van der Waals surface area contributed by atoms with Crippen LogP contribution in [-0.2, 0) is 6.54 Å². The molecule has 2 aromatic carbocycles. The van der Waals surface area contributed by atoms with Crippen molar-refractivity contribution in [1.29, 1.82) is 0 Å². The first-order chi connectivity index (χ1) is 14.6.